The number of carbonyl (C=O) groups is 1. The predicted molar refractivity (Wildman–Crippen MR) is 128 cm³/mol. The highest BCUT2D eigenvalue weighted by molar-refractivity contribution is 8.01. The lowest BCUT2D eigenvalue weighted by Crippen LogP contribution is -2.29. The van der Waals surface area contributed by atoms with Crippen LogP contribution in [0.1, 0.15) is 35.3 Å². The van der Waals surface area contributed by atoms with Gasteiger partial charge in [-0.2, -0.15) is 0 Å². The van der Waals surface area contributed by atoms with E-state index < -0.39 is 10.0 Å². The molecule has 0 saturated heterocycles. The summed E-state index contributed by atoms with van der Waals surface area (Å²) in [6, 6.07) is 14.2. The Hall–Kier alpha value is -2.43. The maximum Gasteiger partial charge on any atom is 0.257 e. The van der Waals surface area contributed by atoms with Crippen molar-refractivity contribution in [2.75, 3.05) is 15.9 Å². The minimum atomic E-state index is -3.50. The number of rotatable bonds is 8. The van der Waals surface area contributed by atoms with Crippen molar-refractivity contribution in [1.82, 2.24) is 10.2 Å². The Morgan fingerprint density at radius 2 is 1.74 bits per heavy atom. The topological polar surface area (TPSA) is 92.3 Å². The number of aryl methyl sites for hydroxylation is 1. The number of carbonyl (C=O) groups excluding carboxylic acids is 1. The van der Waals surface area contributed by atoms with Gasteiger partial charge in [-0.15, -0.1) is 10.2 Å². The van der Waals surface area contributed by atoms with Gasteiger partial charge in [0, 0.05) is 10.8 Å². The van der Waals surface area contributed by atoms with E-state index in [2.05, 4.69) is 29.4 Å². The van der Waals surface area contributed by atoms with Crippen molar-refractivity contribution in [1.29, 1.82) is 0 Å². The van der Waals surface area contributed by atoms with Crippen molar-refractivity contribution in [3.63, 3.8) is 0 Å². The van der Waals surface area contributed by atoms with Crippen LogP contribution in [0.15, 0.2) is 52.9 Å². The van der Waals surface area contributed by atoms with Crippen LogP contribution >= 0.6 is 23.1 Å². The summed E-state index contributed by atoms with van der Waals surface area (Å²) in [5.41, 5.74) is 2.88. The predicted octanol–water partition coefficient (Wildman–Crippen LogP) is 4.57. The molecule has 0 aliphatic heterocycles. The Bertz CT molecular complexity index is 1140. The van der Waals surface area contributed by atoms with Crippen molar-refractivity contribution in [3.05, 3.63) is 65.2 Å². The first-order valence-electron chi connectivity index (χ1n) is 9.56. The van der Waals surface area contributed by atoms with Crippen molar-refractivity contribution in [3.8, 4) is 0 Å². The molecule has 0 bridgehead atoms. The fourth-order valence-corrected chi connectivity index (χ4v) is 5.58. The zero-order valence-electron chi connectivity index (χ0n) is 17.7. The highest BCUT2D eigenvalue weighted by atomic mass is 32.2. The molecule has 10 heteroatoms. The maximum atomic E-state index is 12.5. The minimum absolute atomic E-state index is 0.214. The highest BCUT2D eigenvalue weighted by Crippen LogP contribution is 2.29. The molecule has 1 amide bonds. The van der Waals surface area contributed by atoms with Crippen LogP contribution in [0.3, 0.4) is 0 Å². The van der Waals surface area contributed by atoms with E-state index in [0.717, 1.165) is 15.5 Å². The van der Waals surface area contributed by atoms with Crippen LogP contribution in [0.2, 0.25) is 0 Å². The van der Waals surface area contributed by atoms with Crippen molar-refractivity contribution in [2.45, 2.75) is 36.9 Å². The second-order valence-corrected chi connectivity index (χ2v) is 12.0. The van der Waals surface area contributed by atoms with Crippen molar-refractivity contribution < 1.29 is 13.2 Å². The molecule has 0 saturated carbocycles. The van der Waals surface area contributed by atoms with E-state index in [1.165, 1.54) is 21.9 Å². The Balaban J connectivity index is 1.74. The largest absolute Gasteiger partial charge is 0.296 e. The minimum Gasteiger partial charge on any atom is -0.296 e. The van der Waals surface area contributed by atoms with Crippen LogP contribution in [0.4, 0.5) is 10.8 Å². The molecule has 0 spiro atoms. The van der Waals surface area contributed by atoms with Gasteiger partial charge in [-0.05, 0) is 36.8 Å². The summed E-state index contributed by atoms with van der Waals surface area (Å²) in [5, 5.41) is 11.6. The summed E-state index contributed by atoms with van der Waals surface area (Å²) < 4.78 is 26.9. The molecular weight excluding hydrogens is 452 g/mol. The molecule has 164 valence electrons. The molecule has 1 aromatic heterocycles. The van der Waals surface area contributed by atoms with Crippen LogP contribution in [-0.4, -0.2) is 36.0 Å². The van der Waals surface area contributed by atoms with Gasteiger partial charge in [0.25, 0.3) is 5.91 Å². The third-order valence-corrected chi connectivity index (χ3v) is 7.30. The molecule has 7 nitrogen and oxygen atoms in total. The van der Waals surface area contributed by atoms with Gasteiger partial charge in [0.05, 0.1) is 18.5 Å². The van der Waals surface area contributed by atoms with Gasteiger partial charge in [-0.1, -0.05) is 66.8 Å². The number of nitrogens with one attached hydrogen (secondary N) is 1. The third kappa shape index (κ3) is 6.52. The van der Waals surface area contributed by atoms with Gasteiger partial charge in [0.2, 0.25) is 15.2 Å². The quantitative estimate of drug-likeness (QED) is 0.378. The van der Waals surface area contributed by atoms with Crippen LogP contribution in [0, 0.1) is 6.92 Å². The second-order valence-electron chi connectivity index (χ2n) is 7.30. The molecule has 0 aliphatic carbocycles. The first-order valence-corrected chi connectivity index (χ1v) is 13.1. The number of sulfonamides is 1. The SMILES string of the molecule is Cc1ccc(CN(c2ccc(C(=O)Nc3nnc(SC(C)C)s3)cc2)S(C)(=O)=O)cc1. The highest BCUT2D eigenvalue weighted by Gasteiger charge is 2.19. The molecule has 2 aromatic carbocycles. The molecule has 3 rings (SSSR count). The van der Waals surface area contributed by atoms with E-state index in [4.69, 9.17) is 0 Å². The molecule has 31 heavy (non-hydrogen) atoms. The number of hydrogen-bond acceptors (Lipinski definition) is 7. The Kier molecular flexibility index (Phi) is 7.34. The van der Waals surface area contributed by atoms with Crippen molar-refractivity contribution >= 4 is 49.8 Å². The number of hydrogen-bond donors (Lipinski definition) is 1. The van der Waals surface area contributed by atoms with E-state index in [1.807, 2.05) is 31.2 Å². The lowest BCUT2D eigenvalue weighted by Gasteiger charge is -2.23. The Labute approximate surface area is 191 Å². The number of amides is 1. The molecule has 0 aliphatic rings. The average molecular weight is 477 g/mol. The molecule has 0 atom stereocenters. The summed E-state index contributed by atoms with van der Waals surface area (Å²) in [6.07, 6.45) is 1.17. The van der Waals surface area contributed by atoms with Crippen LogP contribution in [0.5, 0.6) is 0 Å². The van der Waals surface area contributed by atoms with E-state index in [9.17, 15) is 13.2 Å². The normalized spacial score (nSPS) is 11.5. The van der Waals surface area contributed by atoms with Gasteiger partial charge >= 0.3 is 0 Å². The third-order valence-electron chi connectivity index (χ3n) is 4.23. The molecule has 3 aromatic rings. The zero-order valence-corrected chi connectivity index (χ0v) is 20.1. The van der Waals surface area contributed by atoms with Gasteiger partial charge < -0.3 is 0 Å². The smallest absolute Gasteiger partial charge is 0.257 e. The number of thioether (sulfide) groups is 1. The maximum absolute atomic E-state index is 12.5. The Morgan fingerprint density at radius 1 is 1.10 bits per heavy atom. The van der Waals surface area contributed by atoms with E-state index in [0.29, 0.717) is 21.6 Å². The first-order chi connectivity index (χ1) is 14.6. The number of nitrogens with zero attached hydrogens (tertiary/aromatic N) is 3. The summed E-state index contributed by atoms with van der Waals surface area (Å²) in [6.45, 7) is 6.31. The molecule has 1 N–H and O–H groups in total. The van der Waals surface area contributed by atoms with E-state index in [-0.39, 0.29) is 12.5 Å². The molecule has 1 heterocycles. The van der Waals surface area contributed by atoms with Crippen LogP contribution in [0.25, 0.3) is 0 Å². The van der Waals surface area contributed by atoms with E-state index >= 15 is 0 Å². The molecule has 0 unspecified atom stereocenters. The van der Waals surface area contributed by atoms with Crippen LogP contribution < -0.4 is 9.62 Å². The zero-order chi connectivity index (χ0) is 22.6. The monoisotopic (exact) mass is 476 g/mol. The van der Waals surface area contributed by atoms with Crippen molar-refractivity contribution in [2.24, 2.45) is 0 Å². The fourth-order valence-electron chi connectivity index (χ4n) is 2.72. The van der Waals surface area contributed by atoms with Gasteiger partial charge in [0.1, 0.15) is 0 Å². The molecule has 0 radical (unpaired) electrons. The number of anilines is 2. The van der Waals surface area contributed by atoms with Gasteiger partial charge in [-0.25, -0.2) is 8.42 Å². The van der Waals surface area contributed by atoms with Crippen LogP contribution in [-0.2, 0) is 16.6 Å². The fraction of sp³-hybridized carbons (Fsp3) is 0.286. The summed E-state index contributed by atoms with van der Waals surface area (Å²) in [4.78, 5) is 12.5. The Morgan fingerprint density at radius 3 is 2.32 bits per heavy atom. The standard InChI is InChI=1S/C21H24N4O3S3/c1-14(2)29-21-24-23-20(30-21)22-19(26)17-9-11-18(12-10-17)25(31(4,27)28)13-16-7-5-15(3)6-8-16/h5-12,14H,13H2,1-4H3,(H,22,23,26). The first kappa shape index (κ1) is 23.2. The van der Waals surface area contributed by atoms with E-state index in [1.54, 1.807) is 36.0 Å². The van der Waals surface area contributed by atoms with Gasteiger partial charge in [-0.3, -0.25) is 14.4 Å². The molecule has 0 fully saturated rings. The number of aromatic nitrogens is 2. The summed E-state index contributed by atoms with van der Waals surface area (Å²) in [7, 11) is -3.50. The summed E-state index contributed by atoms with van der Waals surface area (Å²) >= 11 is 2.90. The summed E-state index contributed by atoms with van der Waals surface area (Å²) in [5.74, 6) is -0.326. The number of benzene rings is 2. The second kappa shape index (κ2) is 9.80. The average Bonchev–Trinajstić information content (AvgIpc) is 3.12. The van der Waals surface area contributed by atoms with Gasteiger partial charge in [0.15, 0.2) is 4.34 Å². The molecular formula is C21H24N4O3S3. The lowest BCUT2D eigenvalue weighted by atomic mass is 10.1. The lowest BCUT2D eigenvalue weighted by molar-refractivity contribution is 0.102.